The van der Waals surface area contributed by atoms with E-state index in [1.54, 1.807) is 4.90 Å². The summed E-state index contributed by atoms with van der Waals surface area (Å²) in [4.78, 5) is 41.9. The van der Waals surface area contributed by atoms with Gasteiger partial charge in [0.15, 0.2) is 0 Å². The summed E-state index contributed by atoms with van der Waals surface area (Å²) in [5, 5.41) is 0. The van der Waals surface area contributed by atoms with Crippen molar-refractivity contribution in [3.8, 4) is 11.1 Å². The number of likely N-dealkylation sites (tertiary alicyclic amines) is 1. The zero-order chi connectivity index (χ0) is 27.7. The van der Waals surface area contributed by atoms with E-state index in [4.69, 9.17) is 14.2 Å². The van der Waals surface area contributed by atoms with Gasteiger partial charge >= 0.3 is 18.2 Å². The second-order valence-corrected chi connectivity index (χ2v) is 11.8. The summed E-state index contributed by atoms with van der Waals surface area (Å²) >= 11 is 0. The van der Waals surface area contributed by atoms with Gasteiger partial charge in [0.2, 0.25) is 0 Å². The van der Waals surface area contributed by atoms with Gasteiger partial charge < -0.3 is 24.0 Å². The number of ether oxygens (including phenoxy) is 3. The highest BCUT2D eigenvalue weighted by atomic mass is 16.6. The molecule has 0 radical (unpaired) electrons. The third-order valence-electron chi connectivity index (χ3n) is 8.10. The van der Waals surface area contributed by atoms with Crippen molar-refractivity contribution in [1.82, 2.24) is 9.80 Å². The van der Waals surface area contributed by atoms with Crippen LogP contribution < -0.4 is 0 Å². The number of carbonyl (C=O) groups excluding carboxylic acids is 3. The van der Waals surface area contributed by atoms with Crippen LogP contribution in [0.1, 0.15) is 63.5 Å². The van der Waals surface area contributed by atoms with Gasteiger partial charge in [-0.15, -0.1) is 0 Å². The van der Waals surface area contributed by atoms with Crippen LogP contribution in [0, 0.1) is 5.92 Å². The predicted molar refractivity (Wildman–Crippen MR) is 146 cm³/mol. The van der Waals surface area contributed by atoms with Crippen LogP contribution in [-0.4, -0.2) is 72.4 Å². The fourth-order valence-corrected chi connectivity index (χ4v) is 6.09. The number of rotatable bonds is 5. The molecule has 5 rings (SSSR count). The normalized spacial score (nSPS) is 20.9. The number of piperidine rings is 1. The number of benzene rings is 2. The first-order valence-electron chi connectivity index (χ1n) is 13.9. The van der Waals surface area contributed by atoms with Crippen LogP contribution in [0.15, 0.2) is 48.5 Å². The van der Waals surface area contributed by atoms with E-state index in [2.05, 4.69) is 24.3 Å². The molecule has 1 saturated carbocycles. The molecule has 1 saturated heterocycles. The van der Waals surface area contributed by atoms with Crippen molar-refractivity contribution in [3.05, 3.63) is 59.7 Å². The zero-order valence-corrected chi connectivity index (χ0v) is 23.2. The van der Waals surface area contributed by atoms with Gasteiger partial charge in [-0.25, -0.2) is 9.59 Å². The number of esters is 1. The monoisotopic (exact) mass is 534 g/mol. The number of methoxy groups -OCH3 is 1. The van der Waals surface area contributed by atoms with Crippen molar-refractivity contribution in [2.24, 2.45) is 5.92 Å². The molecule has 2 aromatic carbocycles. The number of carbonyl (C=O) groups is 3. The molecule has 2 fully saturated rings. The molecule has 3 aliphatic rings. The summed E-state index contributed by atoms with van der Waals surface area (Å²) in [5.41, 5.74) is 4.13. The Kier molecular flexibility index (Phi) is 7.56. The van der Waals surface area contributed by atoms with Crippen LogP contribution in [-0.2, 0) is 19.0 Å². The van der Waals surface area contributed by atoms with E-state index in [9.17, 15) is 14.4 Å². The van der Waals surface area contributed by atoms with E-state index in [0.717, 1.165) is 11.1 Å². The first-order chi connectivity index (χ1) is 18.7. The van der Waals surface area contributed by atoms with Gasteiger partial charge in [-0.1, -0.05) is 48.5 Å². The zero-order valence-electron chi connectivity index (χ0n) is 23.2. The van der Waals surface area contributed by atoms with E-state index >= 15 is 0 Å². The van der Waals surface area contributed by atoms with Crippen LogP contribution in [0.2, 0.25) is 0 Å². The summed E-state index contributed by atoms with van der Waals surface area (Å²) < 4.78 is 16.5. The summed E-state index contributed by atoms with van der Waals surface area (Å²) in [6, 6.07) is 16.4. The van der Waals surface area contributed by atoms with Gasteiger partial charge in [0.25, 0.3) is 0 Å². The Morgan fingerprint density at radius 3 is 2.00 bits per heavy atom. The molecule has 0 bridgehead atoms. The Morgan fingerprint density at radius 1 is 0.897 bits per heavy atom. The second-order valence-electron chi connectivity index (χ2n) is 11.8. The van der Waals surface area contributed by atoms with Gasteiger partial charge in [-0.2, -0.15) is 0 Å². The summed E-state index contributed by atoms with van der Waals surface area (Å²) in [7, 11) is 1.39. The van der Waals surface area contributed by atoms with Crippen molar-refractivity contribution < 1.29 is 28.6 Å². The highest BCUT2D eigenvalue weighted by Gasteiger charge is 2.45. The smallest absolute Gasteiger partial charge is 0.410 e. The number of amides is 2. The van der Waals surface area contributed by atoms with E-state index in [1.807, 2.05) is 49.9 Å². The van der Waals surface area contributed by atoms with E-state index in [0.29, 0.717) is 38.8 Å². The van der Waals surface area contributed by atoms with Gasteiger partial charge in [-0.05, 0) is 68.7 Å². The molecule has 1 aliphatic heterocycles. The van der Waals surface area contributed by atoms with Crippen molar-refractivity contribution in [3.63, 3.8) is 0 Å². The molecule has 0 atom stereocenters. The Morgan fingerprint density at radius 2 is 1.46 bits per heavy atom. The maximum absolute atomic E-state index is 13.7. The lowest BCUT2D eigenvalue weighted by Gasteiger charge is -2.46. The highest BCUT2D eigenvalue weighted by Crippen LogP contribution is 2.45. The van der Waals surface area contributed by atoms with Crippen LogP contribution in [0.4, 0.5) is 9.59 Å². The molecule has 0 spiro atoms. The molecule has 0 aromatic heterocycles. The first kappa shape index (κ1) is 27.0. The average Bonchev–Trinajstić information content (AvgIpc) is 3.21. The minimum absolute atomic E-state index is 0.0265. The van der Waals surface area contributed by atoms with Crippen LogP contribution in [0.5, 0.6) is 0 Å². The third kappa shape index (κ3) is 5.60. The Hall–Kier alpha value is -3.55. The van der Waals surface area contributed by atoms with E-state index < -0.39 is 5.60 Å². The van der Waals surface area contributed by atoms with Crippen LogP contribution in [0.25, 0.3) is 11.1 Å². The lowest BCUT2D eigenvalue weighted by atomic mass is 9.78. The molecular weight excluding hydrogens is 496 g/mol. The predicted octanol–water partition coefficient (Wildman–Crippen LogP) is 5.59. The molecule has 2 amide bonds. The largest absolute Gasteiger partial charge is 0.469 e. The van der Waals surface area contributed by atoms with Crippen molar-refractivity contribution in [1.29, 1.82) is 0 Å². The van der Waals surface area contributed by atoms with Crippen molar-refractivity contribution in [2.45, 2.75) is 70.1 Å². The minimum Gasteiger partial charge on any atom is -0.469 e. The van der Waals surface area contributed by atoms with Crippen molar-refractivity contribution >= 4 is 18.2 Å². The third-order valence-corrected chi connectivity index (χ3v) is 8.10. The second kappa shape index (κ2) is 10.9. The molecule has 2 aliphatic carbocycles. The minimum atomic E-state index is -0.559. The topological polar surface area (TPSA) is 85.4 Å². The summed E-state index contributed by atoms with van der Waals surface area (Å²) in [6.45, 7) is 6.80. The van der Waals surface area contributed by atoms with Crippen LogP contribution in [0.3, 0.4) is 0 Å². The Balaban J connectivity index is 1.28. The number of nitrogens with zero attached hydrogens (tertiary/aromatic N) is 2. The SMILES string of the molecule is COC(=O)C1CC(N(C(=O)OCC2c3ccccc3-c3ccccc32)C2CCN(C(=O)OC(C)(C)C)CC2)C1. The highest BCUT2D eigenvalue weighted by molar-refractivity contribution is 5.79. The maximum atomic E-state index is 13.7. The first-order valence-corrected chi connectivity index (χ1v) is 13.9. The summed E-state index contributed by atoms with van der Waals surface area (Å²) in [6.07, 6.45) is 1.68. The molecule has 2 aromatic rings. The van der Waals surface area contributed by atoms with Gasteiger partial charge in [0.05, 0.1) is 13.0 Å². The average molecular weight is 535 g/mol. The number of hydrogen-bond donors (Lipinski definition) is 0. The standard InChI is InChI=1S/C31H38N2O6/c1-31(2,3)39-29(35)32-15-13-21(14-16-32)33(22-17-20(18-22)28(34)37-4)30(36)38-19-27-25-11-7-5-9-23(25)24-10-6-8-12-26(24)27/h5-12,20-22,27H,13-19H2,1-4H3. The maximum Gasteiger partial charge on any atom is 0.410 e. The van der Waals surface area contributed by atoms with Gasteiger partial charge in [0.1, 0.15) is 12.2 Å². The van der Waals surface area contributed by atoms with E-state index in [1.165, 1.54) is 18.2 Å². The molecule has 0 unspecified atom stereocenters. The molecule has 0 N–H and O–H groups in total. The molecular formula is C31H38N2O6. The Labute approximate surface area is 230 Å². The quantitative estimate of drug-likeness (QED) is 0.367. The van der Waals surface area contributed by atoms with Crippen molar-refractivity contribution in [2.75, 3.05) is 26.8 Å². The van der Waals surface area contributed by atoms with Gasteiger partial charge in [-0.3, -0.25) is 4.79 Å². The lowest BCUT2D eigenvalue weighted by Crippen LogP contribution is -2.57. The van der Waals surface area contributed by atoms with E-state index in [-0.39, 0.29) is 48.7 Å². The Bertz CT molecular complexity index is 1180. The van der Waals surface area contributed by atoms with Crippen LogP contribution >= 0.6 is 0 Å². The molecule has 8 heteroatoms. The lowest BCUT2D eigenvalue weighted by molar-refractivity contribution is -0.151. The van der Waals surface area contributed by atoms with Gasteiger partial charge in [0, 0.05) is 31.1 Å². The molecule has 39 heavy (non-hydrogen) atoms. The fraction of sp³-hybridized carbons (Fsp3) is 0.516. The number of fused-ring (bicyclic) bond motifs is 3. The molecule has 8 nitrogen and oxygen atoms in total. The summed E-state index contributed by atoms with van der Waals surface area (Å²) in [5.74, 6) is -0.467. The molecule has 1 heterocycles. The fourth-order valence-electron chi connectivity index (χ4n) is 6.09. The molecule has 208 valence electrons. The number of hydrogen-bond acceptors (Lipinski definition) is 6.